The second kappa shape index (κ2) is 40.1. The summed E-state index contributed by atoms with van der Waals surface area (Å²) >= 11 is 0. The number of fused-ring (bicyclic) bond motifs is 20. The van der Waals surface area contributed by atoms with Crippen LogP contribution < -0.4 is 5.73 Å². The van der Waals surface area contributed by atoms with Crippen LogP contribution in [0.2, 0.25) is 0 Å². The number of hydrogen-bond acceptors (Lipinski definition) is 25. The van der Waals surface area contributed by atoms with Crippen molar-refractivity contribution in [3.63, 3.8) is 0 Å². The summed E-state index contributed by atoms with van der Waals surface area (Å²) in [7, 11) is 1.25. The fraction of sp³-hybridized carbons (Fsp3) is 0.686. The van der Waals surface area contributed by atoms with E-state index in [4.69, 9.17) is 24.7 Å². The number of ether oxygens (including phenoxy) is 5. The van der Waals surface area contributed by atoms with E-state index in [-0.39, 0.29) is 129 Å². The Morgan fingerprint density at radius 2 is 0.734 bits per heavy atom. The Labute approximate surface area is 844 Å². The zero-order valence-electron chi connectivity index (χ0n) is 87.8. The molecular formula is C118H159NO24. The zero-order valence-corrected chi connectivity index (χ0v) is 87.8. The molecule has 8 saturated carbocycles. The lowest BCUT2D eigenvalue weighted by Gasteiger charge is -2.54. The molecule has 24 atom stereocenters. The highest BCUT2D eigenvalue weighted by atomic mass is 16.6. The van der Waals surface area contributed by atoms with Crippen LogP contribution in [0.25, 0.3) is 0 Å². The van der Waals surface area contributed by atoms with Gasteiger partial charge in [-0.3, -0.25) is 62.3 Å². The van der Waals surface area contributed by atoms with E-state index in [1.165, 1.54) is 75.3 Å². The third kappa shape index (κ3) is 19.1. The van der Waals surface area contributed by atoms with Crippen molar-refractivity contribution in [1.29, 1.82) is 0 Å². The third-order valence-electron chi connectivity index (χ3n) is 40.7. The molecule has 25 nitrogen and oxygen atoms in total. The Kier molecular flexibility index (Phi) is 30.4. The number of allylic oxidation sites excluding steroid dienone is 22. The first-order valence-corrected chi connectivity index (χ1v) is 53.3. The normalized spacial score (nSPS) is 39.1. The van der Waals surface area contributed by atoms with Gasteiger partial charge in [-0.05, 0) is 281 Å². The summed E-state index contributed by atoms with van der Waals surface area (Å²) in [5.74, 6) is -2.85. The fourth-order valence-electron chi connectivity index (χ4n) is 32.1. The Balaban J connectivity index is 0.000000152. The molecule has 143 heavy (non-hydrogen) atoms. The predicted octanol–water partition coefficient (Wildman–Crippen LogP) is 17.2. The van der Waals surface area contributed by atoms with Crippen molar-refractivity contribution in [2.75, 3.05) is 33.5 Å². The minimum absolute atomic E-state index is 0.0279. The highest BCUT2D eigenvalue weighted by Gasteiger charge is 2.70. The van der Waals surface area contributed by atoms with E-state index in [1.807, 2.05) is 52.0 Å². The number of carbonyl (C=O) groups is 13. The summed E-state index contributed by atoms with van der Waals surface area (Å²) in [4.78, 5) is 161. The molecular weight excluding hydrogens is 1820 g/mol. The Hall–Kier alpha value is -8.69. The monoisotopic (exact) mass is 1970 g/mol. The minimum Gasteiger partial charge on any atom is -0.469 e. The van der Waals surface area contributed by atoms with Crippen molar-refractivity contribution in [3.05, 3.63) is 140 Å². The molecule has 0 radical (unpaired) electrons. The zero-order chi connectivity index (χ0) is 104. The second-order valence-corrected chi connectivity index (χ2v) is 49.4. The van der Waals surface area contributed by atoms with E-state index in [2.05, 4.69) is 123 Å². The summed E-state index contributed by atoms with van der Waals surface area (Å²) in [6.07, 6.45) is 46.2. The molecule has 10 unspecified atom stereocenters. The molecule has 8 N–H and O–H groups in total. The Bertz CT molecular complexity index is 5630. The molecule has 0 aromatic carbocycles. The van der Waals surface area contributed by atoms with Crippen LogP contribution in [0.3, 0.4) is 0 Å². The maximum atomic E-state index is 13.7. The molecule has 0 aliphatic heterocycles. The molecule has 0 amide bonds. The van der Waals surface area contributed by atoms with Crippen LogP contribution in [0.4, 0.5) is 0 Å². The van der Waals surface area contributed by atoms with E-state index in [9.17, 15) is 93.0 Å². The number of carbonyl (C=O) groups excluding carboxylic acids is 13. The van der Waals surface area contributed by atoms with Gasteiger partial charge in [0.2, 0.25) is 17.3 Å². The van der Waals surface area contributed by atoms with Crippen molar-refractivity contribution < 1.29 is 117 Å². The lowest BCUT2D eigenvalue weighted by molar-refractivity contribution is -0.166. The topological polar surface area (TPSA) is 415 Å². The van der Waals surface area contributed by atoms with Gasteiger partial charge >= 0.3 is 29.8 Å². The van der Waals surface area contributed by atoms with Crippen LogP contribution in [-0.4, -0.2) is 181 Å². The number of Topliss-reactive ketones (excluding diaryl/α,β-unsaturated/α-hetero) is 4. The number of aliphatic hydroxyl groups is 6. The summed E-state index contributed by atoms with van der Waals surface area (Å²) in [5, 5.41) is 65.8. The van der Waals surface area contributed by atoms with Gasteiger partial charge in [0.05, 0.1) is 32.0 Å². The molecule has 0 aromatic rings. The lowest BCUT2D eigenvalue weighted by atomic mass is 9.50. The maximum Gasteiger partial charge on any atom is 0.323 e. The first kappa shape index (κ1) is 109. The van der Waals surface area contributed by atoms with E-state index >= 15 is 0 Å². The van der Waals surface area contributed by atoms with Crippen LogP contribution >= 0.6 is 0 Å². The lowest BCUT2D eigenvalue weighted by Crippen LogP contribution is -2.56. The first-order chi connectivity index (χ1) is 66.9. The van der Waals surface area contributed by atoms with Crippen LogP contribution in [0.1, 0.15) is 329 Å². The predicted molar refractivity (Wildman–Crippen MR) is 536 cm³/mol. The highest BCUT2D eigenvalue weighted by Crippen LogP contribution is 2.72. The van der Waals surface area contributed by atoms with Gasteiger partial charge in [0.1, 0.15) is 41.2 Å². The van der Waals surface area contributed by atoms with Gasteiger partial charge in [-0.2, -0.15) is 0 Å². The molecule has 0 bridgehead atoms. The average Bonchev–Trinajstić information content (AvgIpc) is 1.58. The largest absolute Gasteiger partial charge is 0.469 e. The molecule has 18 rings (SSSR count). The SMILES string of the molecule is CC(=O)OCC(=O)[C@@]1(O)CCC2C3CCC4=CC(=O)CC[C@]4(C)C3=CC[C@@]21C.CC1=C(/C=C/C=C/C2=C(C)C[C@@H](OC(=O)CC(N)C(=O)OCC(=O)[C@@]3(O)CCC4C5CCC6=CC(=O)CC[C@]6(C)C5=CC[C@@]43C)CC2(C)C)C(C)(C)C[C@H](O)C1.COC(=O)CC(C)C(=O)OCC(=O)[C@@]1(O)CCC2C3CCC4=CC(=O)CC[C@]4(C)C3=CC[C@@]21C.C[C@]12CCC(=O)C=C1CCC1C2=CC[C@@]2(C)C1CC[C@]2(O)C(=O)CO. The molecule has 0 aromatic heterocycles. The number of nitrogens with two attached hydrogens (primary N) is 1. The number of methoxy groups -OCH3 is 1. The Morgan fingerprint density at radius 1 is 0.420 bits per heavy atom. The minimum atomic E-state index is -1.65. The van der Waals surface area contributed by atoms with Crippen LogP contribution in [-0.2, 0) is 86.0 Å². The van der Waals surface area contributed by atoms with E-state index in [0.717, 1.165) is 108 Å². The van der Waals surface area contributed by atoms with E-state index < -0.39 is 123 Å². The number of ketones is 8. The quantitative estimate of drug-likeness (QED) is 0.0243. The van der Waals surface area contributed by atoms with Gasteiger partial charge in [0.15, 0.2) is 48.7 Å². The fourth-order valence-corrected chi connectivity index (χ4v) is 32.1. The summed E-state index contributed by atoms with van der Waals surface area (Å²) < 4.78 is 25.9. The van der Waals surface area contributed by atoms with Crippen molar-refractivity contribution in [2.45, 2.75) is 370 Å². The van der Waals surface area contributed by atoms with Crippen LogP contribution in [0, 0.1) is 107 Å². The summed E-state index contributed by atoms with van der Waals surface area (Å²) in [6, 6.07) is -1.31. The van der Waals surface area contributed by atoms with E-state index in [1.54, 1.807) is 6.92 Å². The highest BCUT2D eigenvalue weighted by molar-refractivity contribution is 5.97. The molecule has 0 saturated heterocycles. The van der Waals surface area contributed by atoms with E-state index in [0.29, 0.717) is 115 Å². The maximum absolute atomic E-state index is 13.7. The van der Waals surface area contributed by atoms with Gasteiger partial charge in [-0.15, -0.1) is 0 Å². The van der Waals surface area contributed by atoms with Gasteiger partial charge in [-0.1, -0.05) is 194 Å². The number of hydrogen-bond donors (Lipinski definition) is 7. The third-order valence-corrected chi connectivity index (χ3v) is 40.7. The first-order valence-electron chi connectivity index (χ1n) is 53.3. The number of rotatable bonds is 21. The molecule has 18 aliphatic carbocycles. The van der Waals surface area contributed by atoms with Crippen molar-refractivity contribution in [3.8, 4) is 0 Å². The second-order valence-electron chi connectivity index (χ2n) is 49.4. The number of esters is 5. The van der Waals surface area contributed by atoms with Crippen molar-refractivity contribution in [2.24, 2.45) is 113 Å². The summed E-state index contributed by atoms with van der Waals surface area (Å²) in [6.45, 7) is 30.6. The van der Waals surface area contributed by atoms with Crippen LogP contribution in [0.5, 0.6) is 0 Å². The summed E-state index contributed by atoms with van der Waals surface area (Å²) in [5.41, 5.74) is 12.3. The van der Waals surface area contributed by atoms with Gasteiger partial charge < -0.3 is 60.1 Å². The van der Waals surface area contributed by atoms with Gasteiger partial charge in [0.25, 0.3) is 0 Å². The standard InChI is InChI=1S/C47H65NO8.C27H36O7.C23H30O5.C21H28O4/c1-28-21-32(50)25-43(3,4)35(28)11-9-10-12-36-29(2)22-33(26-44(36,5)6)56-41(52)24-39(48)42(53)55-27-40(51)47(54)20-17-38-34-14-13-30-23-31(49)15-18-45(30,7)37(34)16-19-46(38,47)8;1-16(13-23(30)33-4)24(31)34-15-22(29)27(32)12-9-21-19-6-5-17-14-18(28)7-10-25(17,2)20(19)8-11-26(21,27)3;1-14(24)28-13-20(26)23(27)11-8-19-17-5-4-15-12-16(25)6-9-21(15,2)18(17)7-10-22(19,23)3;1-19-8-5-14(23)11-13(19)3-4-15-16(19)6-9-20(2)17(15)7-10-21(20,25)18(24)12-22/h9-12,16,23,32-34,38-39,50,54H,13-15,17-22,24-27,48H2,1-8H3;8,14,16,19,21,32H,5-7,9-13,15H2,1-4H3;7,12,17,19,27H,4-6,8-11,13H2,1-3H3;6,11,15,17,22,25H,3-5,7-10,12H2,1-2H3/b11-9+,12-10+;;;/t32-,33-,34?,38?,39?,45+,46+,47+;16?,19?,21?,25-,26-,27-;17?,19?,21-,22-,23-;15?,17?,19-,20-,21-/m1000/s1. The molecule has 0 heterocycles. The Morgan fingerprint density at radius 3 is 1.05 bits per heavy atom. The van der Waals surface area contributed by atoms with Crippen LogP contribution in [0.15, 0.2) is 140 Å². The molecule has 18 aliphatic rings. The molecule has 780 valence electrons. The van der Waals surface area contributed by atoms with Gasteiger partial charge in [0, 0.05) is 82.3 Å². The molecule has 25 heteroatoms. The molecule has 8 fully saturated rings. The van der Waals surface area contributed by atoms with Crippen molar-refractivity contribution in [1.82, 2.24) is 0 Å². The molecule has 0 spiro atoms. The average molecular weight is 1980 g/mol. The number of aliphatic hydroxyl groups excluding tert-OH is 2. The smallest absolute Gasteiger partial charge is 0.323 e. The van der Waals surface area contributed by atoms with Crippen molar-refractivity contribution >= 4 is 76.1 Å². The van der Waals surface area contributed by atoms with Gasteiger partial charge in [-0.25, -0.2) is 0 Å².